The number of carbonyl (C=O) groups is 2. The maximum Gasteiger partial charge on any atom is 0.411 e. The van der Waals surface area contributed by atoms with E-state index in [0.717, 1.165) is 12.8 Å². The first-order valence-electron chi connectivity index (χ1n) is 6.34. The zero-order valence-corrected chi connectivity index (χ0v) is 11.5. The molecule has 0 radical (unpaired) electrons. The highest BCUT2D eigenvalue weighted by atomic mass is 16.6. The summed E-state index contributed by atoms with van der Waals surface area (Å²) in [5.41, 5.74) is -0.396. The number of methoxy groups -OCH3 is 1. The van der Waals surface area contributed by atoms with Crippen LogP contribution in [0.15, 0.2) is 0 Å². The molecule has 0 N–H and O–H groups in total. The molecule has 1 atom stereocenters. The zero-order chi connectivity index (χ0) is 13.6. The molecule has 1 saturated carbocycles. The molecule has 5 nitrogen and oxygen atoms in total. The summed E-state index contributed by atoms with van der Waals surface area (Å²) >= 11 is 0. The van der Waals surface area contributed by atoms with Crippen molar-refractivity contribution >= 4 is 12.1 Å². The molecule has 18 heavy (non-hydrogen) atoms. The number of esters is 1. The minimum Gasteiger partial charge on any atom is -0.467 e. The number of likely N-dealkylation sites (tertiary alicyclic amines) is 1. The Morgan fingerprint density at radius 2 is 1.89 bits per heavy atom. The first-order valence-corrected chi connectivity index (χ1v) is 6.34. The molecule has 2 fully saturated rings. The van der Waals surface area contributed by atoms with Gasteiger partial charge in [-0.2, -0.15) is 0 Å². The lowest BCUT2D eigenvalue weighted by atomic mass is 10.0. The number of amides is 1. The van der Waals surface area contributed by atoms with Crippen LogP contribution in [0.5, 0.6) is 0 Å². The van der Waals surface area contributed by atoms with Crippen molar-refractivity contribution in [2.24, 2.45) is 5.41 Å². The third-order valence-corrected chi connectivity index (χ3v) is 3.57. The second-order valence-electron chi connectivity index (χ2n) is 6.35. The van der Waals surface area contributed by atoms with Gasteiger partial charge in [0.15, 0.2) is 0 Å². The van der Waals surface area contributed by atoms with Crippen LogP contribution in [-0.4, -0.2) is 42.3 Å². The van der Waals surface area contributed by atoms with Gasteiger partial charge in [0.05, 0.1) is 7.11 Å². The topological polar surface area (TPSA) is 55.8 Å². The predicted molar refractivity (Wildman–Crippen MR) is 65.0 cm³/mol. The summed E-state index contributed by atoms with van der Waals surface area (Å²) in [4.78, 5) is 25.4. The first-order chi connectivity index (χ1) is 8.26. The number of carbonyl (C=O) groups excluding carboxylic acids is 2. The molecular formula is C13H21NO4. The average Bonchev–Trinajstić information content (AvgIpc) is 2.86. The summed E-state index contributed by atoms with van der Waals surface area (Å²) in [6, 6.07) is -0.479. The zero-order valence-electron chi connectivity index (χ0n) is 11.5. The third kappa shape index (κ3) is 2.60. The number of rotatable bonds is 1. The molecule has 1 aliphatic carbocycles. The highest BCUT2D eigenvalue weighted by molar-refractivity contribution is 5.82. The second kappa shape index (κ2) is 4.14. The van der Waals surface area contributed by atoms with Crippen LogP contribution in [0.3, 0.4) is 0 Å². The van der Waals surface area contributed by atoms with Gasteiger partial charge < -0.3 is 9.47 Å². The Balaban J connectivity index is 2.09. The van der Waals surface area contributed by atoms with Crippen LogP contribution in [-0.2, 0) is 14.3 Å². The van der Waals surface area contributed by atoms with E-state index >= 15 is 0 Å². The van der Waals surface area contributed by atoms with Crippen molar-refractivity contribution in [3.63, 3.8) is 0 Å². The Hall–Kier alpha value is -1.26. The van der Waals surface area contributed by atoms with Crippen molar-refractivity contribution in [1.82, 2.24) is 4.90 Å². The molecule has 0 bridgehead atoms. The van der Waals surface area contributed by atoms with E-state index in [1.54, 1.807) is 0 Å². The number of hydrogen-bond acceptors (Lipinski definition) is 4. The van der Waals surface area contributed by atoms with Crippen LogP contribution in [0.1, 0.15) is 40.0 Å². The van der Waals surface area contributed by atoms with Crippen LogP contribution in [0, 0.1) is 5.41 Å². The van der Waals surface area contributed by atoms with E-state index < -0.39 is 17.7 Å². The molecule has 0 aromatic heterocycles. The van der Waals surface area contributed by atoms with Gasteiger partial charge >= 0.3 is 12.1 Å². The normalized spacial score (nSPS) is 25.1. The minimum atomic E-state index is -0.545. The van der Waals surface area contributed by atoms with Crippen LogP contribution >= 0.6 is 0 Å². The smallest absolute Gasteiger partial charge is 0.411 e. The summed E-state index contributed by atoms with van der Waals surface area (Å²) in [7, 11) is 1.35. The Morgan fingerprint density at radius 1 is 1.28 bits per heavy atom. The van der Waals surface area contributed by atoms with Gasteiger partial charge in [-0.05, 0) is 45.4 Å². The number of nitrogens with zero attached hydrogens (tertiary/aromatic N) is 1. The molecule has 1 amide bonds. The van der Waals surface area contributed by atoms with Crippen LogP contribution in [0.4, 0.5) is 4.79 Å². The van der Waals surface area contributed by atoms with E-state index in [0.29, 0.717) is 13.0 Å². The number of hydrogen-bond donors (Lipinski definition) is 0. The van der Waals surface area contributed by atoms with Crippen LogP contribution < -0.4 is 0 Å². The number of ether oxygens (including phenoxy) is 2. The molecule has 102 valence electrons. The molecular weight excluding hydrogens is 234 g/mol. The van der Waals surface area contributed by atoms with Gasteiger partial charge in [0, 0.05) is 6.54 Å². The van der Waals surface area contributed by atoms with Gasteiger partial charge in [-0.25, -0.2) is 9.59 Å². The van der Waals surface area contributed by atoms with Gasteiger partial charge in [-0.3, -0.25) is 4.90 Å². The van der Waals surface area contributed by atoms with Crippen molar-refractivity contribution < 1.29 is 19.1 Å². The standard InChI is InChI=1S/C13H21NO4/c1-12(2,3)18-11(16)14-8-13(5-6-13)7-9(14)10(15)17-4/h9H,5-8H2,1-4H3/t9-/m1/s1. The van der Waals surface area contributed by atoms with Crippen LogP contribution in [0.25, 0.3) is 0 Å². The molecule has 2 rings (SSSR count). The summed E-state index contributed by atoms with van der Waals surface area (Å²) < 4.78 is 10.1. The van der Waals surface area contributed by atoms with Gasteiger partial charge in [-0.1, -0.05) is 0 Å². The molecule has 0 aromatic rings. The Bertz CT molecular complexity index is 368. The van der Waals surface area contributed by atoms with E-state index in [9.17, 15) is 9.59 Å². The fourth-order valence-electron chi connectivity index (χ4n) is 2.45. The van der Waals surface area contributed by atoms with E-state index in [1.807, 2.05) is 20.8 Å². The van der Waals surface area contributed by atoms with E-state index in [-0.39, 0.29) is 11.4 Å². The fraction of sp³-hybridized carbons (Fsp3) is 0.846. The SMILES string of the molecule is COC(=O)[C@H]1CC2(CC2)CN1C(=O)OC(C)(C)C. The Labute approximate surface area is 107 Å². The highest BCUT2D eigenvalue weighted by Gasteiger charge is 2.56. The summed E-state index contributed by atoms with van der Waals surface area (Å²) in [5.74, 6) is -0.343. The average molecular weight is 255 g/mol. The molecule has 1 spiro atoms. The van der Waals surface area contributed by atoms with Gasteiger partial charge in [0.25, 0.3) is 0 Å². The summed E-state index contributed by atoms with van der Waals surface area (Å²) in [6.07, 6.45) is 2.46. The van der Waals surface area contributed by atoms with Gasteiger partial charge in [0.1, 0.15) is 11.6 Å². The van der Waals surface area contributed by atoms with Crippen molar-refractivity contribution in [3.8, 4) is 0 Å². The maximum atomic E-state index is 12.1. The molecule has 5 heteroatoms. The first kappa shape index (κ1) is 13.2. The molecule has 0 aromatic carbocycles. The third-order valence-electron chi connectivity index (χ3n) is 3.57. The van der Waals surface area contributed by atoms with Crippen molar-refractivity contribution in [1.29, 1.82) is 0 Å². The van der Waals surface area contributed by atoms with Crippen molar-refractivity contribution in [2.45, 2.75) is 51.7 Å². The van der Waals surface area contributed by atoms with E-state index in [1.165, 1.54) is 12.0 Å². The monoisotopic (exact) mass is 255 g/mol. The predicted octanol–water partition coefficient (Wildman–Crippen LogP) is 1.95. The van der Waals surface area contributed by atoms with Crippen LogP contribution in [0.2, 0.25) is 0 Å². The Kier molecular flexibility index (Phi) is 3.03. The maximum absolute atomic E-state index is 12.1. The summed E-state index contributed by atoms with van der Waals surface area (Å²) in [6.45, 7) is 6.07. The van der Waals surface area contributed by atoms with Gasteiger partial charge in [0.2, 0.25) is 0 Å². The molecule has 1 aliphatic heterocycles. The summed E-state index contributed by atoms with van der Waals surface area (Å²) in [5, 5.41) is 0. The highest BCUT2D eigenvalue weighted by Crippen LogP contribution is 2.55. The second-order valence-corrected chi connectivity index (χ2v) is 6.35. The van der Waals surface area contributed by atoms with E-state index in [4.69, 9.17) is 9.47 Å². The van der Waals surface area contributed by atoms with E-state index in [2.05, 4.69) is 0 Å². The molecule has 1 saturated heterocycles. The molecule has 0 unspecified atom stereocenters. The van der Waals surface area contributed by atoms with Crippen molar-refractivity contribution in [3.05, 3.63) is 0 Å². The molecule has 1 heterocycles. The molecule has 2 aliphatic rings. The largest absolute Gasteiger partial charge is 0.467 e. The minimum absolute atomic E-state index is 0.149. The lowest BCUT2D eigenvalue weighted by Gasteiger charge is -2.27. The lowest BCUT2D eigenvalue weighted by Crippen LogP contribution is -2.43. The Morgan fingerprint density at radius 3 is 2.33 bits per heavy atom. The fourth-order valence-corrected chi connectivity index (χ4v) is 2.45. The van der Waals surface area contributed by atoms with Gasteiger partial charge in [-0.15, -0.1) is 0 Å². The van der Waals surface area contributed by atoms with Crippen molar-refractivity contribution in [2.75, 3.05) is 13.7 Å². The lowest BCUT2D eigenvalue weighted by molar-refractivity contribution is -0.145. The quantitative estimate of drug-likeness (QED) is 0.672.